The van der Waals surface area contributed by atoms with E-state index in [9.17, 15) is 15.0 Å². The minimum absolute atomic E-state index is 0. The van der Waals surface area contributed by atoms with E-state index in [1.807, 2.05) is 24.0 Å². The average Bonchev–Trinajstić information content (AvgIpc) is 3.00. The van der Waals surface area contributed by atoms with Gasteiger partial charge >= 0.3 is 51.4 Å². The fraction of sp³-hybridized carbons (Fsp3) is 0.286. The van der Waals surface area contributed by atoms with Gasteiger partial charge in [-0.25, -0.2) is 0 Å². The van der Waals surface area contributed by atoms with Crippen LogP contribution in [0.4, 0.5) is 11.4 Å². The summed E-state index contributed by atoms with van der Waals surface area (Å²) in [6, 6.07) is 10.5. The average molecular weight is 407 g/mol. The number of hydrogen-bond donors (Lipinski definition) is 1. The number of hydrogen-bond acceptors (Lipinski definition) is 6. The SMILES string of the molecule is CCN(CC)c1ccc2c(c1)O/C(=C\c1ccc(O)c(C(=O)[O-])c1)N2CC.[K+]. The van der Waals surface area contributed by atoms with Crippen molar-refractivity contribution in [2.45, 2.75) is 20.8 Å². The molecule has 0 atom stereocenters. The van der Waals surface area contributed by atoms with Crippen LogP contribution < -0.4 is 71.0 Å². The van der Waals surface area contributed by atoms with Crippen LogP contribution >= 0.6 is 0 Å². The molecule has 0 saturated carbocycles. The van der Waals surface area contributed by atoms with Crippen LogP contribution in [0.3, 0.4) is 0 Å². The van der Waals surface area contributed by atoms with Crippen molar-refractivity contribution in [3.8, 4) is 11.5 Å². The van der Waals surface area contributed by atoms with Crippen molar-refractivity contribution in [3.63, 3.8) is 0 Å². The Morgan fingerprint density at radius 2 is 1.89 bits per heavy atom. The smallest absolute Gasteiger partial charge is 0.545 e. The monoisotopic (exact) mass is 406 g/mol. The van der Waals surface area contributed by atoms with E-state index in [2.05, 4.69) is 24.8 Å². The number of aromatic carboxylic acids is 1. The van der Waals surface area contributed by atoms with E-state index in [1.54, 1.807) is 12.1 Å². The van der Waals surface area contributed by atoms with Gasteiger partial charge in [-0.1, -0.05) is 6.07 Å². The van der Waals surface area contributed by atoms with E-state index < -0.39 is 5.97 Å². The third kappa shape index (κ3) is 4.55. The summed E-state index contributed by atoms with van der Waals surface area (Å²) in [4.78, 5) is 15.4. The number of carbonyl (C=O) groups excluding carboxylic acids is 1. The van der Waals surface area contributed by atoms with Crippen LogP contribution in [-0.4, -0.2) is 30.7 Å². The number of fused-ring (bicyclic) bond motifs is 1. The fourth-order valence-corrected chi connectivity index (χ4v) is 3.26. The van der Waals surface area contributed by atoms with Gasteiger partial charge in [0.05, 0.1) is 11.7 Å². The molecule has 0 bridgehead atoms. The zero-order valence-electron chi connectivity index (χ0n) is 16.7. The number of carbonyl (C=O) groups is 1. The van der Waals surface area contributed by atoms with Gasteiger partial charge in [-0.3, -0.25) is 0 Å². The molecule has 0 amide bonds. The van der Waals surface area contributed by atoms with Gasteiger partial charge in [-0.2, -0.15) is 0 Å². The second-order valence-electron chi connectivity index (χ2n) is 6.22. The number of phenols is 1. The predicted octanol–water partition coefficient (Wildman–Crippen LogP) is -0.177. The van der Waals surface area contributed by atoms with Crippen LogP contribution in [0.15, 0.2) is 42.3 Å². The van der Waals surface area contributed by atoms with E-state index >= 15 is 0 Å². The first-order valence-corrected chi connectivity index (χ1v) is 9.08. The summed E-state index contributed by atoms with van der Waals surface area (Å²) in [6.45, 7) is 8.77. The Morgan fingerprint density at radius 1 is 1.18 bits per heavy atom. The maximum Gasteiger partial charge on any atom is 1.00 e. The van der Waals surface area contributed by atoms with Gasteiger partial charge in [0.25, 0.3) is 0 Å². The Labute approximate surface area is 207 Å². The standard InChI is InChI=1S/C21H24N2O4.K/c1-4-22(5-2)15-8-9-17-19(13-15)27-20(23(17)6-3)12-14-7-10-18(24)16(11-14)21(25)26;/h7-13,24H,4-6H2,1-3H3,(H,25,26);/q;+1/p-1/b20-12-;. The van der Waals surface area contributed by atoms with Crippen LogP contribution in [-0.2, 0) is 0 Å². The predicted molar refractivity (Wildman–Crippen MR) is 104 cm³/mol. The first-order chi connectivity index (χ1) is 13.0. The Balaban J connectivity index is 0.00000280. The van der Waals surface area contributed by atoms with Gasteiger partial charge in [0.1, 0.15) is 5.75 Å². The molecular formula is C21H23KN2O4. The molecule has 0 fully saturated rings. The largest absolute Gasteiger partial charge is 1.00 e. The van der Waals surface area contributed by atoms with Gasteiger partial charge in [-0.05, 0) is 50.6 Å². The van der Waals surface area contributed by atoms with E-state index in [1.165, 1.54) is 12.1 Å². The summed E-state index contributed by atoms with van der Waals surface area (Å²) in [5.41, 5.74) is 2.43. The first-order valence-electron chi connectivity index (χ1n) is 9.08. The molecule has 28 heavy (non-hydrogen) atoms. The minimum atomic E-state index is -1.42. The maximum atomic E-state index is 11.1. The van der Waals surface area contributed by atoms with E-state index in [-0.39, 0.29) is 62.7 Å². The van der Waals surface area contributed by atoms with Gasteiger partial charge < -0.3 is 29.5 Å². The molecule has 2 aromatic rings. The summed E-state index contributed by atoms with van der Waals surface area (Å²) < 4.78 is 6.06. The number of carboxylic acid groups (broad SMARTS) is 1. The number of rotatable bonds is 6. The number of aromatic hydroxyl groups is 1. The summed E-state index contributed by atoms with van der Waals surface area (Å²) >= 11 is 0. The molecule has 3 rings (SSSR count). The second kappa shape index (κ2) is 9.80. The van der Waals surface area contributed by atoms with Crippen molar-refractivity contribution in [3.05, 3.63) is 53.4 Å². The molecule has 1 aliphatic rings. The van der Waals surface area contributed by atoms with Crippen LogP contribution in [0.1, 0.15) is 36.7 Å². The van der Waals surface area contributed by atoms with Crippen molar-refractivity contribution in [1.29, 1.82) is 0 Å². The number of anilines is 2. The molecule has 0 aliphatic carbocycles. The second-order valence-corrected chi connectivity index (χ2v) is 6.22. The molecule has 0 aromatic heterocycles. The quantitative estimate of drug-likeness (QED) is 0.671. The summed E-state index contributed by atoms with van der Waals surface area (Å²) in [7, 11) is 0. The van der Waals surface area contributed by atoms with Gasteiger partial charge in [-0.15, -0.1) is 0 Å². The molecular weight excluding hydrogens is 383 g/mol. The van der Waals surface area contributed by atoms with Crippen molar-refractivity contribution in [2.24, 2.45) is 0 Å². The Hall–Kier alpha value is -1.51. The molecule has 7 heteroatoms. The Morgan fingerprint density at radius 3 is 2.50 bits per heavy atom. The fourth-order valence-electron chi connectivity index (χ4n) is 3.26. The Bertz CT molecular complexity index is 894. The van der Waals surface area contributed by atoms with Crippen molar-refractivity contribution < 1.29 is 71.1 Å². The third-order valence-corrected chi connectivity index (χ3v) is 4.69. The molecule has 2 aromatic carbocycles. The van der Waals surface area contributed by atoms with Crippen LogP contribution in [0.2, 0.25) is 0 Å². The molecule has 0 unspecified atom stereocenters. The zero-order chi connectivity index (χ0) is 19.6. The number of carboxylic acids is 1. The van der Waals surface area contributed by atoms with Crippen molar-refractivity contribution in [2.75, 3.05) is 29.4 Å². The summed E-state index contributed by atoms with van der Waals surface area (Å²) in [6.07, 6.45) is 1.76. The third-order valence-electron chi connectivity index (χ3n) is 4.69. The number of benzene rings is 2. The van der Waals surface area contributed by atoms with Gasteiger partial charge in [0.15, 0.2) is 5.75 Å². The summed E-state index contributed by atoms with van der Waals surface area (Å²) in [5, 5.41) is 20.8. The maximum absolute atomic E-state index is 11.1. The normalized spacial score (nSPS) is 13.7. The van der Waals surface area contributed by atoms with E-state index in [4.69, 9.17) is 4.74 Å². The molecule has 1 N–H and O–H groups in total. The minimum Gasteiger partial charge on any atom is -0.545 e. The van der Waals surface area contributed by atoms with Crippen molar-refractivity contribution >= 4 is 23.4 Å². The molecule has 0 saturated heterocycles. The molecule has 0 spiro atoms. The zero-order valence-corrected chi connectivity index (χ0v) is 19.9. The number of nitrogens with zero attached hydrogens (tertiary/aromatic N) is 2. The van der Waals surface area contributed by atoms with E-state index in [0.717, 1.165) is 30.2 Å². The van der Waals surface area contributed by atoms with Gasteiger partial charge in [0, 0.05) is 43.0 Å². The van der Waals surface area contributed by atoms with E-state index in [0.29, 0.717) is 18.0 Å². The molecule has 1 heterocycles. The number of ether oxygens (including phenoxy) is 1. The Kier molecular flexibility index (Phi) is 7.97. The van der Waals surface area contributed by atoms with Crippen molar-refractivity contribution in [1.82, 2.24) is 0 Å². The molecule has 1 aliphatic heterocycles. The first kappa shape index (κ1) is 22.8. The molecule has 142 valence electrons. The topological polar surface area (TPSA) is 76.1 Å². The van der Waals surface area contributed by atoms with Crippen LogP contribution in [0.25, 0.3) is 6.08 Å². The molecule has 0 radical (unpaired) electrons. The summed E-state index contributed by atoms with van der Waals surface area (Å²) in [5.74, 6) is -0.353. The molecule has 6 nitrogen and oxygen atoms in total. The van der Waals surface area contributed by atoms with Crippen LogP contribution in [0, 0.1) is 0 Å². The van der Waals surface area contributed by atoms with Gasteiger partial charge in [0.2, 0.25) is 5.88 Å². The van der Waals surface area contributed by atoms with Crippen LogP contribution in [0.5, 0.6) is 11.5 Å².